The molecule has 0 radical (unpaired) electrons. The number of ether oxygens (including phenoxy) is 3. The lowest BCUT2D eigenvalue weighted by Crippen LogP contribution is -2.30. The van der Waals surface area contributed by atoms with Crippen LogP contribution in [0, 0.1) is 0 Å². The third-order valence-electron chi connectivity index (χ3n) is 3.80. The third kappa shape index (κ3) is 6.98. The van der Waals surface area contributed by atoms with Crippen molar-refractivity contribution in [3.05, 3.63) is 63.6 Å². The van der Waals surface area contributed by atoms with Gasteiger partial charge in [-0.3, -0.25) is 0 Å². The first-order chi connectivity index (χ1) is 13.0. The molecule has 1 heterocycles. The van der Waals surface area contributed by atoms with Gasteiger partial charge in [0.1, 0.15) is 0 Å². The van der Waals surface area contributed by atoms with Crippen LogP contribution >= 0.6 is 23.2 Å². The van der Waals surface area contributed by atoms with E-state index in [1.807, 2.05) is 51.1 Å². The van der Waals surface area contributed by atoms with E-state index in [2.05, 4.69) is 4.74 Å². The summed E-state index contributed by atoms with van der Waals surface area (Å²) in [5.74, 6) is -0.863. The van der Waals surface area contributed by atoms with Gasteiger partial charge in [0.15, 0.2) is 0 Å². The second-order valence-electron chi connectivity index (χ2n) is 5.57. The van der Waals surface area contributed by atoms with E-state index in [0.717, 1.165) is 23.4 Å². The molecule has 0 amide bonds. The Morgan fingerprint density at radius 2 is 1.59 bits per heavy atom. The Morgan fingerprint density at radius 1 is 1.04 bits per heavy atom. The van der Waals surface area contributed by atoms with E-state index in [4.69, 9.17) is 38.4 Å². The Kier molecular flexibility index (Phi) is 10.7. The molecule has 0 unspecified atom stereocenters. The molecule has 0 atom stereocenters. The topological polar surface area (TPSA) is 53.7 Å². The van der Waals surface area contributed by atoms with Gasteiger partial charge in [-0.2, -0.15) is 0 Å². The Morgan fingerprint density at radius 3 is 2.07 bits per heavy atom. The molecular weight excluding hydrogens is 385 g/mol. The molecule has 1 fully saturated rings. The minimum absolute atomic E-state index is 0.536. The summed E-state index contributed by atoms with van der Waals surface area (Å²) < 4.78 is 16.3. The summed E-state index contributed by atoms with van der Waals surface area (Å²) in [5.41, 5.74) is 8.31. The fourth-order valence-corrected chi connectivity index (χ4v) is 3.06. The van der Waals surface area contributed by atoms with Gasteiger partial charge < -0.3 is 19.9 Å². The summed E-state index contributed by atoms with van der Waals surface area (Å²) >= 11 is 12.3. The zero-order chi connectivity index (χ0) is 20.3. The summed E-state index contributed by atoms with van der Waals surface area (Å²) in [4.78, 5) is 0. The van der Waals surface area contributed by atoms with Crippen molar-refractivity contribution in [1.29, 1.82) is 0 Å². The number of nitrogens with two attached hydrogens (primary N) is 1. The maximum Gasteiger partial charge on any atom is 0.200 e. The highest BCUT2D eigenvalue weighted by molar-refractivity contribution is 6.35. The van der Waals surface area contributed by atoms with Crippen molar-refractivity contribution in [1.82, 2.24) is 0 Å². The Hall–Kier alpha value is -1.30. The second kappa shape index (κ2) is 12.2. The van der Waals surface area contributed by atoms with Gasteiger partial charge in [0, 0.05) is 36.4 Å². The van der Waals surface area contributed by atoms with Crippen molar-refractivity contribution < 1.29 is 14.2 Å². The Bertz CT molecular complexity index is 670. The monoisotopic (exact) mass is 413 g/mol. The molecule has 1 aliphatic rings. The molecule has 2 N–H and O–H groups in total. The molecule has 6 heteroatoms. The number of methoxy groups -OCH3 is 1. The van der Waals surface area contributed by atoms with Crippen LogP contribution in [-0.4, -0.2) is 26.9 Å². The van der Waals surface area contributed by atoms with Crippen LogP contribution in [0.3, 0.4) is 0 Å². The van der Waals surface area contributed by atoms with Gasteiger partial charge in [0.25, 0.3) is 0 Å². The highest BCUT2D eigenvalue weighted by atomic mass is 35.5. The molecule has 0 bridgehead atoms. The molecule has 27 heavy (non-hydrogen) atoms. The predicted octanol–water partition coefficient (Wildman–Crippen LogP) is 5.70. The Balaban J connectivity index is 0.000000541. The molecule has 3 rings (SSSR count). The maximum atomic E-state index is 6.33. The summed E-state index contributed by atoms with van der Waals surface area (Å²) in [7, 11) is 1.68. The molecule has 0 aliphatic carbocycles. The maximum absolute atomic E-state index is 6.33. The standard InChI is InChI=1S/C16H15Cl2NO2.C3H8O.C2H6/c17-12-3-6-14(15(18)9-12)16(20-7-8-21-16)10-11-1-4-13(19)5-2-11;1-3-4-2;1-2/h1-6,9H,7-8,10,19H2;3H2,1-2H3;1-2H3. The highest BCUT2D eigenvalue weighted by Crippen LogP contribution is 2.39. The van der Waals surface area contributed by atoms with E-state index in [0.29, 0.717) is 29.7 Å². The van der Waals surface area contributed by atoms with Crippen LogP contribution < -0.4 is 5.73 Å². The van der Waals surface area contributed by atoms with Gasteiger partial charge in [-0.25, -0.2) is 0 Å². The summed E-state index contributed by atoms with van der Waals surface area (Å²) in [6, 6.07) is 13.0. The predicted molar refractivity (Wildman–Crippen MR) is 114 cm³/mol. The number of anilines is 1. The van der Waals surface area contributed by atoms with Gasteiger partial charge in [0.05, 0.1) is 18.2 Å². The van der Waals surface area contributed by atoms with Gasteiger partial charge in [0.2, 0.25) is 5.79 Å². The normalized spacial score (nSPS) is 14.6. The number of halogens is 2. The van der Waals surface area contributed by atoms with E-state index in [1.165, 1.54) is 0 Å². The average Bonchev–Trinajstić information content (AvgIpc) is 3.14. The smallest absolute Gasteiger partial charge is 0.200 e. The van der Waals surface area contributed by atoms with Crippen LogP contribution in [0.25, 0.3) is 0 Å². The van der Waals surface area contributed by atoms with E-state index in [-0.39, 0.29) is 0 Å². The largest absolute Gasteiger partial charge is 0.399 e. The number of benzene rings is 2. The van der Waals surface area contributed by atoms with Crippen molar-refractivity contribution in [2.75, 3.05) is 32.7 Å². The van der Waals surface area contributed by atoms with Gasteiger partial charge in [-0.1, -0.05) is 55.2 Å². The molecular formula is C21H29Cl2NO3. The fraction of sp³-hybridized carbons (Fsp3) is 0.429. The molecule has 2 aromatic carbocycles. The summed E-state index contributed by atoms with van der Waals surface area (Å²) in [6.07, 6.45) is 0.564. The molecule has 0 saturated carbocycles. The lowest BCUT2D eigenvalue weighted by Gasteiger charge is -2.29. The van der Waals surface area contributed by atoms with Gasteiger partial charge in [-0.15, -0.1) is 0 Å². The number of rotatable bonds is 4. The molecule has 4 nitrogen and oxygen atoms in total. The average molecular weight is 414 g/mol. The SMILES string of the molecule is CC.CCOC.Nc1ccc(CC2(c3ccc(Cl)cc3Cl)OCCO2)cc1. The summed E-state index contributed by atoms with van der Waals surface area (Å²) in [6.45, 7) is 7.85. The highest BCUT2D eigenvalue weighted by Gasteiger charge is 2.40. The Labute approximate surface area is 172 Å². The molecule has 1 saturated heterocycles. The molecule has 2 aromatic rings. The van der Waals surface area contributed by atoms with E-state index >= 15 is 0 Å². The van der Waals surface area contributed by atoms with Crippen LogP contribution in [-0.2, 0) is 26.4 Å². The van der Waals surface area contributed by atoms with Crippen molar-refractivity contribution in [3.63, 3.8) is 0 Å². The lowest BCUT2D eigenvalue weighted by atomic mass is 9.97. The van der Waals surface area contributed by atoms with Crippen LogP contribution in [0.5, 0.6) is 0 Å². The first-order valence-corrected chi connectivity index (χ1v) is 9.83. The molecule has 1 aliphatic heterocycles. The van der Waals surface area contributed by atoms with Crippen LogP contribution in [0.15, 0.2) is 42.5 Å². The van der Waals surface area contributed by atoms with Crippen LogP contribution in [0.1, 0.15) is 31.9 Å². The minimum Gasteiger partial charge on any atom is -0.399 e. The lowest BCUT2D eigenvalue weighted by molar-refractivity contribution is -0.164. The van der Waals surface area contributed by atoms with Gasteiger partial charge in [-0.05, 0) is 36.8 Å². The van der Waals surface area contributed by atoms with Crippen molar-refractivity contribution in [3.8, 4) is 0 Å². The summed E-state index contributed by atoms with van der Waals surface area (Å²) in [5, 5.41) is 1.13. The van der Waals surface area contributed by atoms with Gasteiger partial charge >= 0.3 is 0 Å². The number of hydrogen-bond acceptors (Lipinski definition) is 4. The molecule has 150 valence electrons. The minimum atomic E-state index is -0.863. The number of hydrogen-bond donors (Lipinski definition) is 1. The zero-order valence-electron chi connectivity index (χ0n) is 16.4. The first-order valence-electron chi connectivity index (χ1n) is 9.07. The zero-order valence-corrected chi connectivity index (χ0v) is 17.9. The van der Waals surface area contributed by atoms with E-state index in [9.17, 15) is 0 Å². The second-order valence-corrected chi connectivity index (χ2v) is 6.41. The first kappa shape index (κ1) is 23.7. The third-order valence-corrected chi connectivity index (χ3v) is 4.35. The van der Waals surface area contributed by atoms with E-state index < -0.39 is 5.79 Å². The number of nitrogen functional groups attached to an aromatic ring is 1. The van der Waals surface area contributed by atoms with Crippen LogP contribution in [0.2, 0.25) is 10.0 Å². The quantitative estimate of drug-likeness (QED) is 0.653. The van der Waals surface area contributed by atoms with Crippen LogP contribution in [0.4, 0.5) is 5.69 Å². The fourth-order valence-electron chi connectivity index (χ4n) is 2.51. The van der Waals surface area contributed by atoms with Crippen molar-refractivity contribution >= 4 is 28.9 Å². The van der Waals surface area contributed by atoms with Crippen molar-refractivity contribution in [2.45, 2.75) is 33.0 Å². The molecule has 0 spiro atoms. The van der Waals surface area contributed by atoms with Crippen molar-refractivity contribution in [2.24, 2.45) is 0 Å². The molecule has 0 aromatic heterocycles. The van der Waals surface area contributed by atoms with E-state index in [1.54, 1.807) is 19.2 Å².